The molecule has 0 unspecified atom stereocenters. The number of aromatic nitrogens is 1. The summed E-state index contributed by atoms with van der Waals surface area (Å²) in [5.41, 5.74) is 3.31. The molecule has 1 aliphatic heterocycles. The quantitative estimate of drug-likeness (QED) is 0.106. The van der Waals surface area contributed by atoms with E-state index in [2.05, 4.69) is 6.58 Å². The van der Waals surface area contributed by atoms with Crippen molar-refractivity contribution in [1.29, 1.82) is 0 Å². The molecule has 0 bridgehead atoms. The molecule has 12 heteroatoms. The maximum Gasteiger partial charge on any atom is 0.338 e. The van der Waals surface area contributed by atoms with E-state index in [4.69, 9.17) is 51.9 Å². The number of allylic oxidation sites excluding steroid dienone is 2. The van der Waals surface area contributed by atoms with Gasteiger partial charge in [0.05, 0.1) is 48.8 Å². The molecule has 4 aromatic rings. The van der Waals surface area contributed by atoms with Gasteiger partial charge in [-0.1, -0.05) is 52.7 Å². The highest BCUT2D eigenvalue weighted by Gasteiger charge is 2.34. The number of halogens is 2. The molecular formula is C38H38Cl2N2O7S. The van der Waals surface area contributed by atoms with Crippen LogP contribution in [0.1, 0.15) is 56.0 Å². The smallest absolute Gasteiger partial charge is 0.338 e. The van der Waals surface area contributed by atoms with Crippen LogP contribution in [-0.2, 0) is 22.6 Å². The van der Waals surface area contributed by atoms with Crippen molar-refractivity contribution in [1.82, 2.24) is 4.57 Å². The second kappa shape index (κ2) is 16.0. The molecule has 9 nitrogen and oxygen atoms in total. The van der Waals surface area contributed by atoms with E-state index < -0.39 is 12.0 Å². The lowest BCUT2D eigenvalue weighted by Crippen LogP contribution is -2.40. The molecule has 1 atom stereocenters. The number of methoxy groups -OCH3 is 2. The Balaban J connectivity index is 1.63. The predicted octanol–water partition coefficient (Wildman–Crippen LogP) is 7.22. The van der Waals surface area contributed by atoms with Gasteiger partial charge in [0.2, 0.25) is 0 Å². The molecule has 0 saturated carbocycles. The lowest BCUT2D eigenvalue weighted by molar-refractivity contribution is -0.139. The molecule has 262 valence electrons. The second-order valence-electron chi connectivity index (χ2n) is 11.6. The topological polar surface area (TPSA) is 97.6 Å². The van der Waals surface area contributed by atoms with Gasteiger partial charge in [0.1, 0.15) is 6.61 Å². The molecule has 0 N–H and O–H groups in total. The van der Waals surface area contributed by atoms with Crippen molar-refractivity contribution >= 4 is 46.6 Å². The van der Waals surface area contributed by atoms with Crippen molar-refractivity contribution in [2.24, 2.45) is 4.99 Å². The van der Waals surface area contributed by atoms with Crippen molar-refractivity contribution in [3.63, 3.8) is 0 Å². The van der Waals surface area contributed by atoms with Crippen LogP contribution in [0.4, 0.5) is 0 Å². The molecule has 2 heterocycles. The van der Waals surface area contributed by atoms with Gasteiger partial charge < -0.3 is 23.7 Å². The highest BCUT2D eigenvalue weighted by atomic mass is 35.5. The van der Waals surface area contributed by atoms with Crippen molar-refractivity contribution in [3.8, 4) is 23.0 Å². The third-order valence-corrected chi connectivity index (χ3v) is 9.38. The minimum atomic E-state index is -0.823. The predicted molar refractivity (Wildman–Crippen MR) is 197 cm³/mol. The van der Waals surface area contributed by atoms with Gasteiger partial charge in [-0.15, -0.1) is 6.58 Å². The monoisotopic (exact) mass is 736 g/mol. The lowest BCUT2D eigenvalue weighted by atomic mass is 9.95. The Morgan fingerprint density at radius 1 is 1.04 bits per heavy atom. The number of fused-ring (bicyclic) bond motifs is 1. The molecular weight excluding hydrogens is 699 g/mol. The van der Waals surface area contributed by atoms with E-state index in [1.165, 1.54) is 15.9 Å². The van der Waals surface area contributed by atoms with Crippen LogP contribution in [0, 0.1) is 0 Å². The van der Waals surface area contributed by atoms with Crippen LogP contribution in [0.5, 0.6) is 23.0 Å². The minimum Gasteiger partial charge on any atom is -0.493 e. The molecule has 0 amide bonds. The maximum atomic E-state index is 14.3. The number of thiazole rings is 1. The summed E-state index contributed by atoms with van der Waals surface area (Å²) in [5, 5.41) is 1.03. The van der Waals surface area contributed by atoms with Crippen LogP contribution in [0.2, 0.25) is 10.0 Å². The van der Waals surface area contributed by atoms with Gasteiger partial charge >= 0.3 is 5.97 Å². The lowest BCUT2D eigenvalue weighted by Gasteiger charge is -2.25. The molecule has 0 fully saturated rings. The Morgan fingerprint density at radius 3 is 2.46 bits per heavy atom. The summed E-state index contributed by atoms with van der Waals surface area (Å²) in [6.07, 6.45) is 3.93. The second-order valence-corrected chi connectivity index (χ2v) is 13.5. The van der Waals surface area contributed by atoms with Crippen LogP contribution in [0.25, 0.3) is 6.08 Å². The van der Waals surface area contributed by atoms with Gasteiger partial charge in [-0.2, -0.15) is 0 Å². The molecule has 1 aromatic heterocycles. The minimum absolute atomic E-state index is 0.0853. The maximum absolute atomic E-state index is 14.3. The molecule has 3 aromatic carbocycles. The number of carbonyl (C=O) groups is 1. The molecule has 50 heavy (non-hydrogen) atoms. The first-order chi connectivity index (χ1) is 24.0. The number of benzene rings is 3. The van der Waals surface area contributed by atoms with Gasteiger partial charge in [0, 0.05) is 21.2 Å². The van der Waals surface area contributed by atoms with E-state index in [0.29, 0.717) is 65.6 Å². The van der Waals surface area contributed by atoms with Crippen molar-refractivity contribution in [2.75, 3.05) is 20.8 Å². The largest absolute Gasteiger partial charge is 0.493 e. The Kier molecular flexibility index (Phi) is 11.8. The fourth-order valence-corrected chi connectivity index (χ4v) is 7.15. The Labute approximate surface area is 304 Å². The van der Waals surface area contributed by atoms with Crippen LogP contribution in [0.15, 0.2) is 82.2 Å². The zero-order valence-electron chi connectivity index (χ0n) is 28.7. The molecule has 5 rings (SSSR count). The third kappa shape index (κ3) is 7.78. The molecule has 1 aliphatic rings. The number of ether oxygens (including phenoxy) is 5. The van der Waals surface area contributed by atoms with Gasteiger partial charge in [0.25, 0.3) is 5.56 Å². The van der Waals surface area contributed by atoms with Gasteiger partial charge in [-0.25, -0.2) is 9.79 Å². The summed E-state index contributed by atoms with van der Waals surface area (Å²) >= 11 is 13.7. The van der Waals surface area contributed by atoms with E-state index in [1.54, 1.807) is 70.6 Å². The Bertz CT molecular complexity index is 2150. The van der Waals surface area contributed by atoms with Crippen LogP contribution >= 0.6 is 34.5 Å². The normalized spacial score (nSPS) is 14.3. The van der Waals surface area contributed by atoms with Gasteiger partial charge in [0.15, 0.2) is 27.8 Å². The highest BCUT2D eigenvalue weighted by Crippen LogP contribution is 2.37. The third-order valence-electron chi connectivity index (χ3n) is 7.81. The molecule has 0 aliphatic carbocycles. The van der Waals surface area contributed by atoms with Gasteiger partial charge in [-0.3, -0.25) is 9.36 Å². The first kappa shape index (κ1) is 36.8. The zero-order chi connectivity index (χ0) is 36.1. The van der Waals surface area contributed by atoms with Crippen molar-refractivity contribution in [2.45, 2.75) is 52.9 Å². The fourth-order valence-electron chi connectivity index (χ4n) is 5.64. The van der Waals surface area contributed by atoms with Crippen LogP contribution < -0.4 is 33.8 Å². The average molecular weight is 738 g/mol. The molecule has 0 spiro atoms. The standard InChI is InChI=1S/C38H38Cl2N2O7S/c1-8-10-25-15-23(16-31(46-7)35(25)48-20-26-11-13-27(39)19-28(26)40)17-32-36(43)42-34(24-12-14-29(49-21(3)4)30(18-24)45-6)33(37(44)47-9-2)22(5)41-38(42)50-32/h8,11-19,21,34H,1,9-10,20H2,2-7H3/b32-17-/t34-/m0/s1. The van der Waals surface area contributed by atoms with E-state index in [9.17, 15) is 9.59 Å². The van der Waals surface area contributed by atoms with Crippen molar-refractivity contribution in [3.05, 3.63) is 124 Å². The van der Waals surface area contributed by atoms with Crippen LogP contribution in [0.3, 0.4) is 0 Å². The number of hydrogen-bond acceptors (Lipinski definition) is 9. The van der Waals surface area contributed by atoms with E-state index >= 15 is 0 Å². The van der Waals surface area contributed by atoms with Crippen LogP contribution in [-0.4, -0.2) is 37.5 Å². The zero-order valence-corrected chi connectivity index (χ0v) is 31.0. The first-order valence-corrected chi connectivity index (χ1v) is 17.5. The van der Waals surface area contributed by atoms with Gasteiger partial charge in [-0.05, 0) is 87.7 Å². The number of carbonyl (C=O) groups excluding carboxylic acids is 1. The summed E-state index contributed by atoms with van der Waals surface area (Å²) in [7, 11) is 3.10. The van der Waals surface area contributed by atoms with E-state index in [1.807, 2.05) is 32.0 Å². The van der Waals surface area contributed by atoms with Crippen molar-refractivity contribution < 1.29 is 28.5 Å². The fraction of sp³-hybridized carbons (Fsp3) is 0.289. The number of rotatable bonds is 13. The summed E-state index contributed by atoms with van der Waals surface area (Å²) < 4.78 is 30.9. The summed E-state index contributed by atoms with van der Waals surface area (Å²) in [4.78, 5) is 32.8. The summed E-state index contributed by atoms with van der Waals surface area (Å²) in [6, 6.07) is 13.5. The Morgan fingerprint density at radius 2 is 1.80 bits per heavy atom. The highest BCUT2D eigenvalue weighted by molar-refractivity contribution is 7.07. The average Bonchev–Trinajstić information content (AvgIpc) is 3.37. The number of esters is 1. The SMILES string of the molecule is C=CCc1cc(/C=c2\sc3n(c2=O)[C@@H](c2ccc(OC(C)C)c(OC)c2)C(C(=O)OCC)=C(C)N=3)cc(OC)c1OCc1ccc(Cl)cc1Cl. The van der Waals surface area contributed by atoms with E-state index in [-0.39, 0.29) is 30.5 Å². The summed E-state index contributed by atoms with van der Waals surface area (Å²) in [5.74, 6) is 1.47. The number of hydrogen-bond donors (Lipinski definition) is 0. The molecule has 0 radical (unpaired) electrons. The van der Waals surface area contributed by atoms with E-state index in [0.717, 1.165) is 11.1 Å². The summed E-state index contributed by atoms with van der Waals surface area (Å²) in [6.45, 7) is 11.6. The first-order valence-electron chi connectivity index (χ1n) is 15.9. The Hall–Kier alpha value is -4.51. The molecule has 0 saturated heterocycles. The number of nitrogens with zero attached hydrogens (tertiary/aromatic N) is 2.